The van der Waals surface area contributed by atoms with Crippen molar-refractivity contribution in [2.45, 2.75) is 38.3 Å². The minimum atomic E-state index is -4.51. The van der Waals surface area contributed by atoms with Gasteiger partial charge in [-0.15, -0.1) is 0 Å². The number of hydrogen-bond acceptors (Lipinski definition) is 2. The van der Waals surface area contributed by atoms with Crippen molar-refractivity contribution in [3.8, 4) is 5.75 Å². The summed E-state index contributed by atoms with van der Waals surface area (Å²) in [6, 6.07) is 5.22. The molecule has 0 aliphatic rings. The molecule has 0 saturated heterocycles. The van der Waals surface area contributed by atoms with Crippen molar-refractivity contribution in [2.24, 2.45) is 5.73 Å². The number of ether oxygens (including phenoxy) is 1. The van der Waals surface area contributed by atoms with Crippen molar-refractivity contribution in [2.75, 3.05) is 0 Å². The van der Waals surface area contributed by atoms with E-state index in [1.165, 1.54) is 18.2 Å². The zero-order valence-electron chi connectivity index (χ0n) is 9.88. The van der Waals surface area contributed by atoms with E-state index in [1.54, 1.807) is 6.07 Å². The van der Waals surface area contributed by atoms with Gasteiger partial charge >= 0.3 is 12.5 Å². The van der Waals surface area contributed by atoms with Gasteiger partial charge in [-0.1, -0.05) is 31.5 Å². The van der Waals surface area contributed by atoms with Gasteiger partial charge in [0.25, 0.3) is 0 Å². The maximum atomic E-state index is 12.8. The molecule has 0 aromatic heterocycles. The van der Waals surface area contributed by atoms with Crippen LogP contribution in [0, 0.1) is 0 Å². The molecule has 2 nitrogen and oxygen atoms in total. The number of hydrogen-bond donors (Lipinski definition) is 1. The standard InChI is InChI=1S/C12H15F4NO/c1-2-5-9(17)8-6-3-4-7-10(8)18-12(15,16)11(13)14/h3-4,6-7,9,11H,2,5,17H2,1H3/t9-/m0/s1. The molecule has 0 unspecified atom stereocenters. The van der Waals surface area contributed by atoms with Crippen LogP contribution in [0.1, 0.15) is 31.4 Å². The zero-order chi connectivity index (χ0) is 13.8. The predicted octanol–water partition coefficient (Wildman–Crippen LogP) is 3.72. The highest BCUT2D eigenvalue weighted by Crippen LogP contribution is 2.32. The summed E-state index contributed by atoms with van der Waals surface area (Å²) in [6.07, 6.45) is -7.09. The summed E-state index contributed by atoms with van der Waals surface area (Å²) in [6.45, 7) is 1.89. The number of alkyl halides is 4. The highest BCUT2D eigenvalue weighted by Gasteiger charge is 2.44. The summed E-state index contributed by atoms with van der Waals surface area (Å²) in [4.78, 5) is 0. The Balaban J connectivity index is 2.95. The van der Waals surface area contributed by atoms with Gasteiger partial charge in [0.05, 0.1) is 0 Å². The molecule has 1 aromatic carbocycles. The maximum Gasteiger partial charge on any atom is 0.461 e. The lowest BCUT2D eigenvalue weighted by molar-refractivity contribution is -0.253. The van der Waals surface area contributed by atoms with Gasteiger partial charge in [0, 0.05) is 11.6 Å². The van der Waals surface area contributed by atoms with Crippen LogP contribution < -0.4 is 10.5 Å². The molecule has 0 heterocycles. The molecule has 1 aromatic rings. The topological polar surface area (TPSA) is 35.2 Å². The molecule has 0 saturated carbocycles. The van der Waals surface area contributed by atoms with Crippen LogP contribution in [0.4, 0.5) is 17.6 Å². The second kappa shape index (κ2) is 6.04. The average Bonchev–Trinajstić information content (AvgIpc) is 2.29. The Morgan fingerprint density at radius 2 is 1.89 bits per heavy atom. The fraction of sp³-hybridized carbons (Fsp3) is 0.500. The van der Waals surface area contributed by atoms with Crippen LogP contribution in [0.2, 0.25) is 0 Å². The molecule has 0 spiro atoms. The van der Waals surface area contributed by atoms with Gasteiger partial charge in [-0.05, 0) is 12.5 Å². The van der Waals surface area contributed by atoms with Gasteiger partial charge in [-0.2, -0.15) is 17.6 Å². The summed E-state index contributed by atoms with van der Waals surface area (Å²) in [7, 11) is 0. The summed E-state index contributed by atoms with van der Waals surface area (Å²) in [5, 5.41) is 0. The van der Waals surface area contributed by atoms with E-state index in [-0.39, 0.29) is 5.75 Å². The first kappa shape index (κ1) is 14.8. The maximum absolute atomic E-state index is 12.8. The highest BCUT2D eigenvalue weighted by atomic mass is 19.3. The normalized spacial score (nSPS) is 13.7. The van der Waals surface area contributed by atoms with Gasteiger partial charge in [0.15, 0.2) is 0 Å². The molecule has 2 N–H and O–H groups in total. The predicted molar refractivity (Wildman–Crippen MR) is 59.9 cm³/mol. The molecule has 0 radical (unpaired) electrons. The van der Waals surface area contributed by atoms with Crippen LogP contribution in [0.3, 0.4) is 0 Å². The monoisotopic (exact) mass is 265 g/mol. The van der Waals surface area contributed by atoms with Crippen molar-refractivity contribution < 1.29 is 22.3 Å². The second-order valence-corrected chi connectivity index (χ2v) is 3.90. The number of halogens is 4. The first-order valence-electron chi connectivity index (χ1n) is 5.58. The molecule has 1 atom stereocenters. The molecule has 0 bridgehead atoms. The second-order valence-electron chi connectivity index (χ2n) is 3.90. The molecule has 18 heavy (non-hydrogen) atoms. The van der Waals surface area contributed by atoms with Crippen LogP contribution in [0.5, 0.6) is 5.75 Å². The molecule has 0 amide bonds. The van der Waals surface area contributed by atoms with Gasteiger partial charge in [-0.3, -0.25) is 0 Å². The Morgan fingerprint density at radius 1 is 1.28 bits per heavy atom. The van der Waals surface area contributed by atoms with Crippen LogP contribution in [0.25, 0.3) is 0 Å². The molecular weight excluding hydrogens is 250 g/mol. The number of benzene rings is 1. The van der Waals surface area contributed by atoms with E-state index in [9.17, 15) is 17.6 Å². The van der Waals surface area contributed by atoms with Gasteiger partial charge in [0.1, 0.15) is 5.75 Å². The van der Waals surface area contributed by atoms with E-state index in [0.29, 0.717) is 12.0 Å². The lowest BCUT2D eigenvalue weighted by Crippen LogP contribution is -2.34. The molecule has 1 rings (SSSR count). The smallest absolute Gasteiger partial charge is 0.428 e. The zero-order valence-corrected chi connectivity index (χ0v) is 9.88. The van der Waals surface area contributed by atoms with E-state index in [1.807, 2.05) is 6.92 Å². The Hall–Kier alpha value is -1.30. The third kappa shape index (κ3) is 3.60. The van der Waals surface area contributed by atoms with E-state index in [0.717, 1.165) is 6.42 Å². The Labute approximate surface area is 103 Å². The Bertz CT molecular complexity index is 384. The van der Waals surface area contributed by atoms with Gasteiger partial charge < -0.3 is 10.5 Å². The fourth-order valence-electron chi connectivity index (χ4n) is 1.54. The Kier molecular flexibility index (Phi) is 4.95. The third-order valence-electron chi connectivity index (χ3n) is 2.42. The lowest BCUT2D eigenvalue weighted by Gasteiger charge is -2.21. The molecule has 0 aliphatic carbocycles. The summed E-state index contributed by atoms with van der Waals surface area (Å²) >= 11 is 0. The first-order valence-corrected chi connectivity index (χ1v) is 5.58. The van der Waals surface area contributed by atoms with Gasteiger partial charge in [-0.25, -0.2) is 0 Å². The van der Waals surface area contributed by atoms with Gasteiger partial charge in [0.2, 0.25) is 0 Å². The van der Waals surface area contributed by atoms with E-state index < -0.39 is 18.6 Å². The molecule has 0 fully saturated rings. The van der Waals surface area contributed by atoms with Crippen molar-refractivity contribution in [3.63, 3.8) is 0 Å². The molecule has 6 heteroatoms. The molecule has 0 aliphatic heterocycles. The van der Waals surface area contributed by atoms with Crippen LogP contribution in [0.15, 0.2) is 24.3 Å². The van der Waals surface area contributed by atoms with Crippen LogP contribution in [-0.4, -0.2) is 12.5 Å². The average molecular weight is 265 g/mol. The van der Waals surface area contributed by atoms with E-state index in [4.69, 9.17) is 5.73 Å². The van der Waals surface area contributed by atoms with E-state index in [2.05, 4.69) is 4.74 Å². The van der Waals surface area contributed by atoms with Crippen LogP contribution >= 0.6 is 0 Å². The van der Waals surface area contributed by atoms with E-state index >= 15 is 0 Å². The third-order valence-corrected chi connectivity index (χ3v) is 2.42. The molecular formula is C12H15F4NO. The Morgan fingerprint density at radius 3 is 2.44 bits per heavy atom. The summed E-state index contributed by atoms with van der Waals surface area (Å²) in [5.74, 6) is -0.302. The minimum absolute atomic E-state index is 0.302. The lowest BCUT2D eigenvalue weighted by atomic mass is 10.0. The minimum Gasteiger partial charge on any atom is -0.428 e. The number of nitrogens with two attached hydrogens (primary N) is 1. The summed E-state index contributed by atoms with van der Waals surface area (Å²) < 4.78 is 53.9. The van der Waals surface area contributed by atoms with Crippen molar-refractivity contribution >= 4 is 0 Å². The largest absolute Gasteiger partial charge is 0.461 e. The highest BCUT2D eigenvalue weighted by molar-refractivity contribution is 5.36. The number of para-hydroxylation sites is 1. The van der Waals surface area contributed by atoms with Crippen molar-refractivity contribution in [1.82, 2.24) is 0 Å². The fourth-order valence-corrected chi connectivity index (χ4v) is 1.54. The summed E-state index contributed by atoms with van der Waals surface area (Å²) in [5.41, 5.74) is 6.09. The first-order chi connectivity index (χ1) is 8.38. The van der Waals surface area contributed by atoms with Crippen molar-refractivity contribution in [1.29, 1.82) is 0 Å². The quantitative estimate of drug-likeness (QED) is 0.795. The van der Waals surface area contributed by atoms with Crippen LogP contribution in [-0.2, 0) is 0 Å². The van der Waals surface area contributed by atoms with Crippen molar-refractivity contribution in [3.05, 3.63) is 29.8 Å². The SMILES string of the molecule is CCC[C@H](N)c1ccccc1OC(F)(F)C(F)F. The molecule has 102 valence electrons. The number of rotatable bonds is 6.